The number of piperazine rings is 1. The van der Waals surface area contributed by atoms with Gasteiger partial charge in [-0.25, -0.2) is 0 Å². The lowest BCUT2D eigenvalue weighted by Crippen LogP contribution is -2.55. The molecular formula is C17H24N4O2. The van der Waals surface area contributed by atoms with E-state index in [1.807, 2.05) is 11.8 Å². The van der Waals surface area contributed by atoms with Crippen molar-refractivity contribution < 1.29 is 9.59 Å². The lowest BCUT2D eigenvalue weighted by molar-refractivity contribution is -0.126. The Bertz CT molecular complexity index is 592. The number of hydrogen-bond acceptors (Lipinski definition) is 4. The van der Waals surface area contributed by atoms with E-state index in [0.717, 1.165) is 12.8 Å². The number of nitrogen functional groups attached to an aromatic ring is 1. The molecule has 0 bridgehead atoms. The second kappa shape index (κ2) is 6.58. The van der Waals surface area contributed by atoms with Gasteiger partial charge in [-0.3, -0.25) is 14.5 Å². The van der Waals surface area contributed by atoms with Crippen molar-refractivity contribution in [3.63, 3.8) is 0 Å². The van der Waals surface area contributed by atoms with Gasteiger partial charge in [-0.2, -0.15) is 0 Å². The first-order chi connectivity index (χ1) is 11.0. The summed E-state index contributed by atoms with van der Waals surface area (Å²) < 4.78 is 0. The summed E-state index contributed by atoms with van der Waals surface area (Å²) in [5.41, 5.74) is 6.96. The van der Waals surface area contributed by atoms with Crippen LogP contribution >= 0.6 is 0 Å². The van der Waals surface area contributed by atoms with Crippen molar-refractivity contribution in [2.75, 3.05) is 31.9 Å². The summed E-state index contributed by atoms with van der Waals surface area (Å²) in [5.74, 6) is 0.107. The SMILES string of the molecule is CC(C(=O)NC1CC1)N1CCN(C(=O)c2cccc(N)c2)CC1. The van der Waals surface area contributed by atoms with Crippen molar-refractivity contribution >= 4 is 17.5 Å². The average molecular weight is 316 g/mol. The minimum absolute atomic E-state index is 0.00651. The van der Waals surface area contributed by atoms with E-state index in [1.54, 1.807) is 24.3 Å². The number of rotatable bonds is 4. The van der Waals surface area contributed by atoms with Gasteiger partial charge in [-0.05, 0) is 38.0 Å². The number of nitrogens with one attached hydrogen (secondary N) is 1. The topological polar surface area (TPSA) is 78.7 Å². The van der Waals surface area contributed by atoms with Crippen LogP contribution in [0.1, 0.15) is 30.1 Å². The molecule has 2 aliphatic rings. The fourth-order valence-corrected chi connectivity index (χ4v) is 2.88. The fraction of sp³-hybridized carbons (Fsp3) is 0.529. The zero-order valence-corrected chi connectivity index (χ0v) is 13.5. The van der Waals surface area contributed by atoms with E-state index < -0.39 is 0 Å². The molecule has 1 heterocycles. The third-order valence-corrected chi connectivity index (χ3v) is 4.59. The number of hydrogen-bond donors (Lipinski definition) is 2. The number of amides is 2. The van der Waals surface area contributed by atoms with Crippen LogP contribution in [0.4, 0.5) is 5.69 Å². The minimum Gasteiger partial charge on any atom is -0.399 e. The summed E-state index contributed by atoms with van der Waals surface area (Å²) in [7, 11) is 0. The van der Waals surface area contributed by atoms with Crippen molar-refractivity contribution in [2.45, 2.75) is 31.8 Å². The largest absolute Gasteiger partial charge is 0.399 e. The summed E-state index contributed by atoms with van der Waals surface area (Å²) >= 11 is 0. The highest BCUT2D eigenvalue weighted by molar-refractivity contribution is 5.95. The van der Waals surface area contributed by atoms with E-state index in [1.165, 1.54) is 0 Å². The van der Waals surface area contributed by atoms with E-state index in [2.05, 4.69) is 10.2 Å². The zero-order chi connectivity index (χ0) is 16.4. The first-order valence-corrected chi connectivity index (χ1v) is 8.24. The van der Waals surface area contributed by atoms with Crippen LogP contribution in [-0.2, 0) is 4.79 Å². The highest BCUT2D eigenvalue weighted by atomic mass is 16.2. The Morgan fingerprint density at radius 1 is 1.22 bits per heavy atom. The maximum atomic E-state index is 12.5. The maximum absolute atomic E-state index is 12.5. The second-order valence-corrected chi connectivity index (χ2v) is 6.41. The van der Waals surface area contributed by atoms with Gasteiger partial charge >= 0.3 is 0 Å². The number of carbonyl (C=O) groups is 2. The van der Waals surface area contributed by atoms with Crippen LogP contribution in [0.15, 0.2) is 24.3 Å². The van der Waals surface area contributed by atoms with Gasteiger partial charge in [0.15, 0.2) is 0 Å². The molecule has 1 aromatic rings. The number of nitrogens with zero attached hydrogens (tertiary/aromatic N) is 2. The second-order valence-electron chi connectivity index (χ2n) is 6.41. The lowest BCUT2D eigenvalue weighted by Gasteiger charge is -2.37. The van der Waals surface area contributed by atoms with E-state index in [-0.39, 0.29) is 17.9 Å². The van der Waals surface area contributed by atoms with Crippen LogP contribution in [0.2, 0.25) is 0 Å². The van der Waals surface area contributed by atoms with E-state index in [4.69, 9.17) is 5.73 Å². The van der Waals surface area contributed by atoms with Gasteiger partial charge in [0.2, 0.25) is 5.91 Å². The third-order valence-electron chi connectivity index (χ3n) is 4.59. The molecule has 1 unspecified atom stereocenters. The summed E-state index contributed by atoms with van der Waals surface area (Å²) in [4.78, 5) is 28.6. The van der Waals surface area contributed by atoms with Crippen LogP contribution in [-0.4, -0.2) is 59.9 Å². The zero-order valence-electron chi connectivity index (χ0n) is 13.5. The maximum Gasteiger partial charge on any atom is 0.254 e. The average Bonchev–Trinajstić information content (AvgIpc) is 3.37. The molecule has 1 saturated carbocycles. The summed E-state index contributed by atoms with van der Waals surface area (Å²) in [6.07, 6.45) is 2.20. The number of benzene rings is 1. The van der Waals surface area contributed by atoms with Gasteiger partial charge in [-0.1, -0.05) is 6.07 Å². The van der Waals surface area contributed by atoms with Crippen LogP contribution in [0.5, 0.6) is 0 Å². The van der Waals surface area contributed by atoms with Gasteiger partial charge in [0.25, 0.3) is 5.91 Å². The molecule has 1 aliphatic carbocycles. The van der Waals surface area contributed by atoms with Crippen LogP contribution < -0.4 is 11.1 Å². The first-order valence-electron chi connectivity index (χ1n) is 8.24. The molecule has 2 amide bonds. The molecule has 0 aromatic heterocycles. The normalized spacial score (nSPS) is 20.1. The number of nitrogens with two attached hydrogens (primary N) is 1. The molecule has 6 nitrogen and oxygen atoms in total. The van der Waals surface area contributed by atoms with Crippen molar-refractivity contribution in [3.05, 3.63) is 29.8 Å². The van der Waals surface area contributed by atoms with E-state index in [0.29, 0.717) is 43.5 Å². The highest BCUT2D eigenvalue weighted by Crippen LogP contribution is 2.19. The van der Waals surface area contributed by atoms with Gasteiger partial charge in [-0.15, -0.1) is 0 Å². The van der Waals surface area contributed by atoms with Crippen LogP contribution in [0.25, 0.3) is 0 Å². The Labute approximate surface area is 136 Å². The lowest BCUT2D eigenvalue weighted by atomic mass is 10.1. The Morgan fingerprint density at radius 2 is 1.91 bits per heavy atom. The van der Waals surface area contributed by atoms with Gasteiger partial charge in [0.1, 0.15) is 0 Å². The van der Waals surface area contributed by atoms with Gasteiger partial charge in [0.05, 0.1) is 6.04 Å². The third kappa shape index (κ3) is 3.82. The predicted octanol–water partition coefficient (Wildman–Crippen LogP) is 0.694. The molecule has 6 heteroatoms. The molecule has 1 aliphatic heterocycles. The molecule has 1 atom stereocenters. The molecular weight excluding hydrogens is 292 g/mol. The number of anilines is 1. The molecule has 1 aromatic carbocycles. The predicted molar refractivity (Wildman–Crippen MR) is 89.0 cm³/mol. The summed E-state index contributed by atoms with van der Waals surface area (Å²) in [6.45, 7) is 4.64. The Hall–Kier alpha value is -2.08. The minimum atomic E-state index is -0.139. The van der Waals surface area contributed by atoms with Crippen molar-refractivity contribution in [1.82, 2.24) is 15.1 Å². The molecule has 23 heavy (non-hydrogen) atoms. The van der Waals surface area contributed by atoms with Crippen molar-refractivity contribution in [3.8, 4) is 0 Å². The Morgan fingerprint density at radius 3 is 2.52 bits per heavy atom. The monoisotopic (exact) mass is 316 g/mol. The standard InChI is InChI=1S/C17H24N4O2/c1-12(16(22)19-15-5-6-15)20-7-9-21(10-8-20)17(23)13-3-2-4-14(18)11-13/h2-4,11-12,15H,5-10,18H2,1H3,(H,19,22). The van der Waals surface area contributed by atoms with E-state index in [9.17, 15) is 9.59 Å². The van der Waals surface area contributed by atoms with Crippen LogP contribution in [0.3, 0.4) is 0 Å². The fourth-order valence-electron chi connectivity index (χ4n) is 2.88. The Balaban J connectivity index is 1.53. The van der Waals surface area contributed by atoms with Gasteiger partial charge < -0.3 is 16.0 Å². The molecule has 3 rings (SSSR count). The molecule has 1 saturated heterocycles. The molecule has 3 N–H and O–H groups in total. The van der Waals surface area contributed by atoms with Crippen LogP contribution in [0, 0.1) is 0 Å². The summed E-state index contributed by atoms with van der Waals surface area (Å²) in [5, 5.41) is 3.04. The highest BCUT2D eigenvalue weighted by Gasteiger charge is 2.31. The van der Waals surface area contributed by atoms with Gasteiger partial charge in [0, 0.05) is 43.5 Å². The number of carbonyl (C=O) groups excluding carboxylic acids is 2. The quantitative estimate of drug-likeness (QED) is 0.801. The molecule has 0 spiro atoms. The van der Waals surface area contributed by atoms with Crippen molar-refractivity contribution in [2.24, 2.45) is 0 Å². The molecule has 124 valence electrons. The first kappa shape index (κ1) is 15.8. The summed E-state index contributed by atoms with van der Waals surface area (Å²) in [6, 6.07) is 7.31. The smallest absolute Gasteiger partial charge is 0.254 e. The van der Waals surface area contributed by atoms with Crippen molar-refractivity contribution in [1.29, 1.82) is 0 Å². The molecule has 0 radical (unpaired) electrons. The molecule has 2 fully saturated rings. The van der Waals surface area contributed by atoms with E-state index >= 15 is 0 Å². The Kier molecular flexibility index (Phi) is 4.52.